The van der Waals surface area contributed by atoms with Crippen molar-refractivity contribution < 1.29 is 0 Å². The van der Waals surface area contributed by atoms with Gasteiger partial charge in [0.2, 0.25) is 0 Å². The summed E-state index contributed by atoms with van der Waals surface area (Å²) in [5, 5.41) is 2.78. The Morgan fingerprint density at radius 1 is 0.447 bits per heavy atom. The Morgan fingerprint density at radius 3 is 1.11 bits per heavy atom. The van der Waals surface area contributed by atoms with Gasteiger partial charge in [0.1, 0.15) is 0 Å². The number of nitrogens with zero attached hydrogens (tertiary/aromatic N) is 1. The number of aryl methyl sites for hydroxylation is 1. The van der Waals surface area contributed by atoms with Crippen molar-refractivity contribution in [1.29, 1.82) is 0 Å². The van der Waals surface area contributed by atoms with Gasteiger partial charge in [0.15, 0.2) is 0 Å². The molecule has 0 atom stereocenters. The fraction of sp³-hybridized carbons (Fsp3) is 0.514. The molecule has 2 aliphatic rings. The third kappa shape index (κ3) is 2.64. The predicted molar refractivity (Wildman–Crippen MR) is 165 cm³/mol. The second kappa shape index (κ2) is 6.96. The van der Waals surface area contributed by atoms with Crippen LogP contribution in [0.25, 0.3) is 27.5 Å². The van der Waals surface area contributed by atoms with E-state index >= 15 is 0 Å². The van der Waals surface area contributed by atoms with Gasteiger partial charge in [0, 0.05) is 16.5 Å². The Labute approximate surface area is 230 Å². The minimum absolute atomic E-state index is 0.0738. The van der Waals surface area contributed by atoms with Gasteiger partial charge in [-0.15, -0.1) is 0 Å². The summed E-state index contributed by atoms with van der Waals surface area (Å²) in [6.45, 7) is 31.7. The van der Waals surface area contributed by atoms with Crippen LogP contribution < -0.4 is 0 Å². The first-order chi connectivity index (χ1) is 17.3. The lowest BCUT2D eigenvalue weighted by Gasteiger charge is -2.44. The van der Waals surface area contributed by atoms with Crippen molar-refractivity contribution in [1.82, 2.24) is 4.57 Å². The lowest BCUT2D eigenvalue weighted by Crippen LogP contribution is -2.42. The fourth-order valence-corrected chi connectivity index (χ4v) is 8.06. The standard InChI is InChI=1S/C37H47N/c1-22-14-16-23(17-15-22)38-30-20-28-26(32(2,3)36(10,11)34(28,6)7)18-24(30)25-19-27-29(21-31(25)38)35(8,9)37(12,13)33(27,4)5/h14-21H,1-13H3. The molecule has 3 aromatic carbocycles. The first-order valence-corrected chi connectivity index (χ1v) is 14.6. The van der Waals surface area contributed by atoms with E-state index in [0.717, 1.165) is 0 Å². The Balaban J connectivity index is 1.81. The van der Waals surface area contributed by atoms with Crippen molar-refractivity contribution in [2.45, 2.75) is 112 Å². The summed E-state index contributed by atoms with van der Waals surface area (Å²) in [6.07, 6.45) is 0. The molecule has 0 amide bonds. The second-order valence-corrected chi connectivity index (χ2v) is 15.8. The van der Waals surface area contributed by atoms with Crippen LogP contribution in [0.15, 0.2) is 48.5 Å². The summed E-state index contributed by atoms with van der Waals surface area (Å²) in [5.74, 6) is 0. The number of rotatable bonds is 1. The van der Waals surface area contributed by atoms with Gasteiger partial charge < -0.3 is 4.57 Å². The number of benzene rings is 3. The van der Waals surface area contributed by atoms with Gasteiger partial charge in [-0.3, -0.25) is 0 Å². The zero-order valence-corrected chi connectivity index (χ0v) is 26.1. The summed E-state index contributed by atoms with van der Waals surface area (Å²) >= 11 is 0. The number of aromatic nitrogens is 1. The third-order valence-electron chi connectivity index (χ3n) is 13.3. The van der Waals surface area contributed by atoms with E-state index in [1.807, 2.05) is 0 Å². The van der Waals surface area contributed by atoms with Crippen LogP contribution in [0.3, 0.4) is 0 Å². The van der Waals surface area contributed by atoms with E-state index in [2.05, 4.69) is 143 Å². The first-order valence-electron chi connectivity index (χ1n) is 14.6. The molecule has 2 aliphatic carbocycles. The average molecular weight is 506 g/mol. The van der Waals surface area contributed by atoms with Gasteiger partial charge in [-0.25, -0.2) is 0 Å². The van der Waals surface area contributed by atoms with Crippen molar-refractivity contribution in [3.8, 4) is 5.69 Å². The Kier molecular flexibility index (Phi) is 4.71. The van der Waals surface area contributed by atoms with Crippen LogP contribution in [0, 0.1) is 17.8 Å². The highest BCUT2D eigenvalue weighted by Gasteiger charge is 2.58. The molecule has 4 aromatic rings. The van der Waals surface area contributed by atoms with Crippen molar-refractivity contribution >= 4 is 21.8 Å². The van der Waals surface area contributed by atoms with E-state index in [-0.39, 0.29) is 32.5 Å². The molecular formula is C37H47N. The van der Waals surface area contributed by atoms with E-state index in [1.165, 1.54) is 55.3 Å². The number of hydrogen-bond donors (Lipinski definition) is 0. The third-order valence-corrected chi connectivity index (χ3v) is 13.3. The molecule has 0 unspecified atom stereocenters. The van der Waals surface area contributed by atoms with Crippen LogP contribution >= 0.6 is 0 Å². The van der Waals surface area contributed by atoms with Crippen molar-refractivity contribution in [2.24, 2.45) is 10.8 Å². The maximum atomic E-state index is 2.57. The van der Waals surface area contributed by atoms with E-state index in [1.54, 1.807) is 0 Å². The average Bonchev–Trinajstić information content (AvgIpc) is 3.23. The summed E-state index contributed by atoms with van der Waals surface area (Å²) in [5.41, 5.74) is 11.9. The number of fused-ring (bicyclic) bond motifs is 5. The van der Waals surface area contributed by atoms with E-state index < -0.39 is 0 Å². The van der Waals surface area contributed by atoms with Crippen LogP contribution in [-0.2, 0) is 21.7 Å². The molecule has 0 fully saturated rings. The molecule has 38 heavy (non-hydrogen) atoms. The maximum Gasteiger partial charge on any atom is 0.0544 e. The molecule has 200 valence electrons. The van der Waals surface area contributed by atoms with Gasteiger partial charge in [-0.2, -0.15) is 0 Å². The largest absolute Gasteiger partial charge is 0.309 e. The molecule has 1 aromatic heterocycles. The Hall–Kier alpha value is -2.54. The molecule has 0 N–H and O–H groups in total. The van der Waals surface area contributed by atoms with Crippen molar-refractivity contribution in [3.63, 3.8) is 0 Å². The summed E-state index contributed by atoms with van der Waals surface area (Å²) in [7, 11) is 0. The predicted octanol–water partition coefficient (Wildman–Crippen LogP) is 10.3. The summed E-state index contributed by atoms with van der Waals surface area (Å²) in [6, 6.07) is 19.3. The minimum Gasteiger partial charge on any atom is -0.309 e. The van der Waals surface area contributed by atoms with Crippen LogP contribution in [0.1, 0.15) is 111 Å². The normalized spacial score (nSPS) is 23.1. The molecule has 0 aliphatic heterocycles. The zero-order valence-electron chi connectivity index (χ0n) is 26.1. The van der Waals surface area contributed by atoms with Crippen LogP contribution in [0.5, 0.6) is 0 Å². The highest BCUT2D eigenvalue weighted by Crippen LogP contribution is 2.64. The quantitative estimate of drug-likeness (QED) is 0.242. The van der Waals surface area contributed by atoms with Crippen molar-refractivity contribution in [3.05, 3.63) is 76.3 Å². The zero-order chi connectivity index (χ0) is 28.0. The Bertz CT molecular complexity index is 1540. The van der Waals surface area contributed by atoms with Crippen LogP contribution in [-0.4, -0.2) is 4.57 Å². The molecule has 0 radical (unpaired) electrons. The van der Waals surface area contributed by atoms with Crippen molar-refractivity contribution in [2.75, 3.05) is 0 Å². The molecule has 1 nitrogen and oxygen atoms in total. The fourth-order valence-electron chi connectivity index (χ4n) is 8.06. The first kappa shape index (κ1) is 25.7. The van der Waals surface area contributed by atoms with Crippen LogP contribution in [0.4, 0.5) is 0 Å². The lowest BCUT2D eigenvalue weighted by atomic mass is 9.59. The maximum absolute atomic E-state index is 2.57. The van der Waals surface area contributed by atoms with E-state index in [9.17, 15) is 0 Å². The monoisotopic (exact) mass is 505 g/mol. The molecule has 0 spiro atoms. The van der Waals surface area contributed by atoms with Gasteiger partial charge in [-0.05, 0) is 98.1 Å². The van der Waals surface area contributed by atoms with Gasteiger partial charge in [0.25, 0.3) is 0 Å². The lowest BCUT2D eigenvalue weighted by molar-refractivity contribution is 0.125. The summed E-state index contributed by atoms with van der Waals surface area (Å²) < 4.78 is 2.55. The van der Waals surface area contributed by atoms with Gasteiger partial charge in [-0.1, -0.05) is 101 Å². The van der Waals surface area contributed by atoms with Gasteiger partial charge in [0.05, 0.1) is 11.0 Å². The van der Waals surface area contributed by atoms with Gasteiger partial charge >= 0.3 is 0 Å². The molecular weight excluding hydrogens is 458 g/mol. The molecule has 1 heteroatoms. The minimum atomic E-state index is 0.0738. The molecule has 0 saturated heterocycles. The second-order valence-electron chi connectivity index (χ2n) is 15.8. The topological polar surface area (TPSA) is 4.93 Å². The molecule has 0 saturated carbocycles. The SMILES string of the molecule is Cc1ccc(-n2c3cc4c(cc3c3cc5c(cc32)C(C)(C)C(C)(C)C5(C)C)C(C)(C)C(C)(C)C4(C)C)cc1. The summed E-state index contributed by atoms with van der Waals surface area (Å²) in [4.78, 5) is 0. The molecule has 1 heterocycles. The molecule has 0 bridgehead atoms. The number of hydrogen-bond acceptors (Lipinski definition) is 0. The smallest absolute Gasteiger partial charge is 0.0544 e. The molecule has 6 rings (SSSR count). The van der Waals surface area contributed by atoms with Crippen LogP contribution in [0.2, 0.25) is 0 Å². The highest BCUT2D eigenvalue weighted by molar-refractivity contribution is 6.11. The highest BCUT2D eigenvalue weighted by atomic mass is 15.0. The van der Waals surface area contributed by atoms with E-state index in [0.29, 0.717) is 0 Å². The van der Waals surface area contributed by atoms with E-state index in [4.69, 9.17) is 0 Å². The Morgan fingerprint density at radius 2 is 0.763 bits per heavy atom.